The molecular weight excluding hydrogens is 202 g/mol. The molecule has 0 unspecified atom stereocenters. The maximum Gasteiger partial charge on any atom is 0.411 e. The van der Waals surface area contributed by atoms with E-state index in [0.29, 0.717) is 6.61 Å². The first kappa shape index (κ1) is 16.9. The van der Waals surface area contributed by atoms with Gasteiger partial charge in [0.25, 0.3) is 0 Å². The molecule has 0 atom stereocenters. The van der Waals surface area contributed by atoms with Crippen molar-refractivity contribution in [1.82, 2.24) is 0 Å². The Morgan fingerprint density at radius 1 is 1.12 bits per heavy atom. The summed E-state index contributed by atoms with van der Waals surface area (Å²) in [6.45, 7) is 10.2. The SMILES string of the molecule is CC.CC.CCOC(=O)Nc1ccccc1. The van der Waals surface area contributed by atoms with Crippen molar-refractivity contribution in [1.29, 1.82) is 0 Å². The Morgan fingerprint density at radius 2 is 1.62 bits per heavy atom. The zero-order chi connectivity index (χ0) is 12.8. The van der Waals surface area contributed by atoms with Gasteiger partial charge in [-0.05, 0) is 19.1 Å². The number of hydrogen-bond donors (Lipinski definition) is 1. The number of carbonyl (C=O) groups is 1. The molecule has 1 aromatic rings. The van der Waals surface area contributed by atoms with E-state index in [1.54, 1.807) is 19.1 Å². The summed E-state index contributed by atoms with van der Waals surface area (Å²) in [5, 5.41) is 2.58. The number of amides is 1. The Hall–Kier alpha value is -1.51. The normalized spacial score (nSPS) is 7.56. The highest BCUT2D eigenvalue weighted by Crippen LogP contribution is 2.04. The topological polar surface area (TPSA) is 38.3 Å². The zero-order valence-electron chi connectivity index (χ0n) is 10.9. The Bertz CT molecular complexity index is 247. The maximum atomic E-state index is 10.9. The first-order chi connectivity index (χ1) is 7.83. The largest absolute Gasteiger partial charge is 0.450 e. The minimum absolute atomic E-state index is 0.388. The molecule has 1 N–H and O–H groups in total. The molecule has 3 nitrogen and oxygen atoms in total. The lowest BCUT2D eigenvalue weighted by Crippen LogP contribution is -2.12. The van der Waals surface area contributed by atoms with Gasteiger partial charge in [0.2, 0.25) is 0 Å². The van der Waals surface area contributed by atoms with E-state index >= 15 is 0 Å². The summed E-state index contributed by atoms with van der Waals surface area (Å²) in [4.78, 5) is 10.9. The Balaban J connectivity index is 0. The standard InChI is InChI=1S/C9H11NO2.2C2H6/c1-2-12-9(11)10-8-6-4-3-5-7-8;2*1-2/h3-7H,2H2,1H3,(H,10,11);2*1-2H3. The van der Waals surface area contributed by atoms with Gasteiger partial charge in [0.1, 0.15) is 0 Å². The van der Waals surface area contributed by atoms with E-state index in [2.05, 4.69) is 5.32 Å². The second-order valence-corrected chi connectivity index (χ2v) is 2.21. The van der Waals surface area contributed by atoms with Gasteiger partial charge >= 0.3 is 6.09 Å². The summed E-state index contributed by atoms with van der Waals surface area (Å²) in [5.74, 6) is 0. The highest BCUT2D eigenvalue weighted by Gasteiger charge is 1.98. The molecule has 3 heteroatoms. The van der Waals surface area contributed by atoms with Gasteiger partial charge in [0, 0.05) is 5.69 Å². The van der Waals surface area contributed by atoms with Crippen molar-refractivity contribution in [3.8, 4) is 0 Å². The summed E-state index contributed by atoms with van der Waals surface area (Å²) in [5.41, 5.74) is 0.746. The summed E-state index contributed by atoms with van der Waals surface area (Å²) in [7, 11) is 0. The average Bonchev–Trinajstić information content (AvgIpc) is 2.36. The van der Waals surface area contributed by atoms with Gasteiger partial charge in [-0.1, -0.05) is 45.9 Å². The van der Waals surface area contributed by atoms with Crippen LogP contribution in [0.25, 0.3) is 0 Å². The fraction of sp³-hybridized carbons (Fsp3) is 0.462. The Kier molecular flexibility index (Phi) is 14.3. The van der Waals surface area contributed by atoms with Crippen molar-refractivity contribution >= 4 is 11.8 Å². The third-order valence-corrected chi connectivity index (χ3v) is 1.30. The maximum absolute atomic E-state index is 10.9. The molecule has 0 saturated carbocycles. The van der Waals surface area contributed by atoms with Crippen LogP contribution in [-0.4, -0.2) is 12.7 Å². The van der Waals surface area contributed by atoms with Crippen LogP contribution in [0, 0.1) is 0 Å². The van der Waals surface area contributed by atoms with Gasteiger partial charge in [-0.15, -0.1) is 0 Å². The summed E-state index contributed by atoms with van der Waals surface area (Å²) in [6.07, 6.45) is -0.413. The fourth-order valence-electron chi connectivity index (χ4n) is 0.807. The number of benzene rings is 1. The van der Waals surface area contributed by atoms with E-state index in [9.17, 15) is 4.79 Å². The number of nitrogens with one attached hydrogen (secondary N) is 1. The van der Waals surface area contributed by atoms with Gasteiger partial charge in [0.05, 0.1) is 6.61 Å². The minimum atomic E-state index is -0.413. The van der Waals surface area contributed by atoms with Crippen LogP contribution in [0.4, 0.5) is 10.5 Å². The van der Waals surface area contributed by atoms with Crippen LogP contribution in [0.5, 0.6) is 0 Å². The van der Waals surface area contributed by atoms with Crippen molar-refractivity contribution < 1.29 is 9.53 Å². The first-order valence-corrected chi connectivity index (χ1v) is 5.81. The minimum Gasteiger partial charge on any atom is -0.450 e. The van der Waals surface area contributed by atoms with Gasteiger partial charge < -0.3 is 4.74 Å². The van der Waals surface area contributed by atoms with E-state index in [4.69, 9.17) is 4.74 Å². The number of anilines is 1. The average molecular weight is 225 g/mol. The summed E-state index contributed by atoms with van der Waals surface area (Å²) in [6, 6.07) is 9.19. The van der Waals surface area contributed by atoms with Crippen LogP contribution in [0.1, 0.15) is 34.6 Å². The van der Waals surface area contributed by atoms with Crippen LogP contribution in [0.2, 0.25) is 0 Å². The molecule has 0 saturated heterocycles. The lowest BCUT2D eigenvalue weighted by atomic mass is 10.3. The van der Waals surface area contributed by atoms with Crippen molar-refractivity contribution in [2.24, 2.45) is 0 Å². The van der Waals surface area contributed by atoms with Crippen molar-refractivity contribution in [2.75, 3.05) is 11.9 Å². The van der Waals surface area contributed by atoms with Gasteiger partial charge in [0.15, 0.2) is 0 Å². The van der Waals surface area contributed by atoms with E-state index in [-0.39, 0.29) is 0 Å². The molecule has 1 amide bonds. The van der Waals surface area contributed by atoms with Crippen LogP contribution >= 0.6 is 0 Å². The van der Waals surface area contributed by atoms with E-state index < -0.39 is 6.09 Å². The van der Waals surface area contributed by atoms with E-state index in [1.807, 2.05) is 45.9 Å². The summed E-state index contributed by atoms with van der Waals surface area (Å²) < 4.78 is 4.70. The Morgan fingerprint density at radius 3 is 2.06 bits per heavy atom. The zero-order valence-corrected chi connectivity index (χ0v) is 10.9. The lowest BCUT2D eigenvalue weighted by Gasteiger charge is -2.03. The third-order valence-electron chi connectivity index (χ3n) is 1.30. The molecule has 16 heavy (non-hydrogen) atoms. The van der Waals surface area contributed by atoms with E-state index in [0.717, 1.165) is 5.69 Å². The third kappa shape index (κ3) is 9.06. The number of hydrogen-bond acceptors (Lipinski definition) is 2. The molecule has 1 aromatic carbocycles. The summed E-state index contributed by atoms with van der Waals surface area (Å²) >= 11 is 0. The van der Waals surface area contributed by atoms with Gasteiger partial charge in [-0.3, -0.25) is 5.32 Å². The van der Waals surface area contributed by atoms with E-state index in [1.165, 1.54) is 0 Å². The van der Waals surface area contributed by atoms with Crippen molar-refractivity contribution in [2.45, 2.75) is 34.6 Å². The van der Waals surface area contributed by atoms with Gasteiger partial charge in [-0.2, -0.15) is 0 Å². The smallest absolute Gasteiger partial charge is 0.411 e. The molecule has 1 rings (SSSR count). The quantitative estimate of drug-likeness (QED) is 0.814. The predicted octanol–water partition coefficient (Wildman–Crippen LogP) is 4.31. The second-order valence-electron chi connectivity index (χ2n) is 2.21. The molecule has 0 aliphatic carbocycles. The van der Waals surface area contributed by atoms with Crippen LogP contribution < -0.4 is 5.32 Å². The molecule has 0 bridgehead atoms. The highest BCUT2D eigenvalue weighted by atomic mass is 16.5. The number of carbonyl (C=O) groups excluding carboxylic acids is 1. The second kappa shape index (κ2) is 13.5. The molecular formula is C13H23NO2. The fourth-order valence-corrected chi connectivity index (χ4v) is 0.807. The number of rotatable bonds is 2. The van der Waals surface area contributed by atoms with Crippen LogP contribution in [-0.2, 0) is 4.74 Å². The monoisotopic (exact) mass is 225 g/mol. The molecule has 0 aliphatic heterocycles. The van der Waals surface area contributed by atoms with Gasteiger partial charge in [-0.25, -0.2) is 4.79 Å². The molecule has 92 valence electrons. The lowest BCUT2D eigenvalue weighted by molar-refractivity contribution is 0.168. The van der Waals surface area contributed by atoms with Crippen LogP contribution in [0.15, 0.2) is 30.3 Å². The molecule has 0 fully saturated rings. The predicted molar refractivity (Wildman–Crippen MR) is 69.8 cm³/mol. The number of para-hydroxylation sites is 1. The van der Waals surface area contributed by atoms with Crippen molar-refractivity contribution in [3.05, 3.63) is 30.3 Å². The van der Waals surface area contributed by atoms with Crippen molar-refractivity contribution in [3.63, 3.8) is 0 Å². The molecule has 0 aromatic heterocycles. The Labute approximate surface area is 98.8 Å². The molecule has 0 radical (unpaired) electrons. The molecule has 0 heterocycles. The molecule has 0 spiro atoms. The number of ether oxygens (including phenoxy) is 1. The first-order valence-electron chi connectivity index (χ1n) is 5.81. The highest BCUT2D eigenvalue weighted by molar-refractivity contribution is 5.84. The molecule has 0 aliphatic rings. The van der Waals surface area contributed by atoms with Crippen LogP contribution in [0.3, 0.4) is 0 Å².